The highest BCUT2D eigenvalue weighted by Gasteiger charge is 2.28. The van der Waals surface area contributed by atoms with Crippen molar-refractivity contribution in [1.29, 1.82) is 0 Å². The molecule has 1 aromatic carbocycles. The van der Waals surface area contributed by atoms with E-state index in [-0.39, 0.29) is 18.4 Å². The second-order valence-electron chi connectivity index (χ2n) is 6.59. The van der Waals surface area contributed by atoms with Gasteiger partial charge in [-0.25, -0.2) is 0 Å². The summed E-state index contributed by atoms with van der Waals surface area (Å²) in [4.78, 5) is 19.7. The number of aromatic nitrogens is 2. The van der Waals surface area contributed by atoms with Gasteiger partial charge in [0.2, 0.25) is 0 Å². The lowest BCUT2D eigenvalue weighted by Crippen LogP contribution is -2.39. The first-order chi connectivity index (χ1) is 13.3. The number of hydrogen-bond donors (Lipinski definition) is 0. The molecule has 1 aliphatic rings. The van der Waals surface area contributed by atoms with Crippen molar-refractivity contribution in [3.8, 4) is 0 Å². The fourth-order valence-electron chi connectivity index (χ4n) is 3.25. The Hall–Kier alpha value is -2.51. The van der Waals surface area contributed by atoms with Crippen LogP contribution in [0.2, 0.25) is 0 Å². The molecule has 0 saturated carbocycles. The minimum atomic E-state index is 0.0876. The fourth-order valence-corrected chi connectivity index (χ4v) is 3.94. The van der Waals surface area contributed by atoms with Crippen LogP contribution in [-0.4, -0.2) is 34.0 Å². The SMILES string of the molecule is O=C(c1cccs1)N1CCCC(c2noc(COCc3ccccc3)n2)C1. The van der Waals surface area contributed by atoms with E-state index < -0.39 is 0 Å². The summed E-state index contributed by atoms with van der Waals surface area (Å²) in [6.45, 7) is 2.19. The molecule has 0 aliphatic carbocycles. The van der Waals surface area contributed by atoms with Crippen molar-refractivity contribution in [2.24, 2.45) is 0 Å². The number of rotatable bonds is 6. The number of hydrogen-bond acceptors (Lipinski definition) is 6. The average molecular weight is 383 g/mol. The van der Waals surface area contributed by atoms with Gasteiger partial charge < -0.3 is 14.2 Å². The summed E-state index contributed by atoms with van der Waals surface area (Å²) in [5.74, 6) is 1.33. The van der Waals surface area contributed by atoms with Gasteiger partial charge in [-0.1, -0.05) is 41.6 Å². The minimum absolute atomic E-state index is 0.0876. The molecule has 7 heteroatoms. The van der Waals surface area contributed by atoms with Crippen LogP contribution in [0.5, 0.6) is 0 Å². The van der Waals surface area contributed by atoms with Gasteiger partial charge in [-0.2, -0.15) is 4.98 Å². The smallest absolute Gasteiger partial charge is 0.263 e. The van der Waals surface area contributed by atoms with Gasteiger partial charge in [0.1, 0.15) is 6.61 Å². The summed E-state index contributed by atoms with van der Waals surface area (Å²) >= 11 is 1.48. The maximum absolute atomic E-state index is 12.6. The van der Waals surface area contributed by atoms with Crippen LogP contribution in [0.25, 0.3) is 0 Å². The van der Waals surface area contributed by atoms with Crippen molar-refractivity contribution in [1.82, 2.24) is 15.0 Å². The molecule has 1 amide bonds. The monoisotopic (exact) mass is 383 g/mol. The molecule has 3 heterocycles. The van der Waals surface area contributed by atoms with Gasteiger partial charge in [0.05, 0.1) is 11.5 Å². The molecule has 4 rings (SSSR count). The largest absolute Gasteiger partial charge is 0.367 e. The second-order valence-corrected chi connectivity index (χ2v) is 7.54. The molecule has 140 valence electrons. The third-order valence-corrected chi connectivity index (χ3v) is 5.48. The van der Waals surface area contributed by atoms with E-state index in [0.29, 0.717) is 24.9 Å². The first kappa shape index (κ1) is 17.9. The van der Waals surface area contributed by atoms with Crippen molar-refractivity contribution in [2.75, 3.05) is 13.1 Å². The number of benzene rings is 1. The van der Waals surface area contributed by atoms with Crippen LogP contribution in [0, 0.1) is 0 Å². The van der Waals surface area contributed by atoms with Gasteiger partial charge in [-0.3, -0.25) is 4.79 Å². The lowest BCUT2D eigenvalue weighted by molar-refractivity contribution is 0.0708. The topological polar surface area (TPSA) is 68.5 Å². The van der Waals surface area contributed by atoms with Crippen molar-refractivity contribution in [3.63, 3.8) is 0 Å². The summed E-state index contributed by atoms with van der Waals surface area (Å²) < 4.78 is 11.0. The van der Waals surface area contributed by atoms with E-state index in [1.807, 2.05) is 52.7 Å². The predicted molar refractivity (Wildman–Crippen MR) is 101 cm³/mol. The quantitative estimate of drug-likeness (QED) is 0.646. The molecule has 27 heavy (non-hydrogen) atoms. The van der Waals surface area contributed by atoms with E-state index in [1.165, 1.54) is 11.3 Å². The summed E-state index contributed by atoms with van der Waals surface area (Å²) in [6.07, 6.45) is 1.90. The fraction of sp³-hybridized carbons (Fsp3) is 0.350. The second kappa shape index (κ2) is 8.45. The Morgan fingerprint density at radius 2 is 2.11 bits per heavy atom. The van der Waals surface area contributed by atoms with Crippen LogP contribution < -0.4 is 0 Å². The third kappa shape index (κ3) is 4.43. The van der Waals surface area contributed by atoms with Crippen LogP contribution in [0.1, 0.15) is 45.7 Å². The molecule has 2 aromatic heterocycles. The van der Waals surface area contributed by atoms with E-state index in [1.54, 1.807) is 0 Å². The average Bonchev–Trinajstić information content (AvgIpc) is 3.41. The maximum Gasteiger partial charge on any atom is 0.263 e. The molecule has 0 N–H and O–H groups in total. The number of nitrogens with zero attached hydrogens (tertiary/aromatic N) is 3. The Bertz CT molecular complexity index is 864. The number of likely N-dealkylation sites (tertiary alicyclic amines) is 1. The summed E-state index contributed by atoms with van der Waals surface area (Å²) in [6, 6.07) is 13.7. The normalized spacial score (nSPS) is 17.2. The first-order valence-corrected chi connectivity index (χ1v) is 9.94. The van der Waals surface area contributed by atoms with E-state index in [0.717, 1.165) is 29.8 Å². The van der Waals surface area contributed by atoms with Gasteiger partial charge >= 0.3 is 0 Å². The zero-order valence-corrected chi connectivity index (χ0v) is 15.7. The third-order valence-electron chi connectivity index (χ3n) is 4.63. The first-order valence-electron chi connectivity index (χ1n) is 9.06. The molecular formula is C20H21N3O3S. The highest BCUT2D eigenvalue weighted by atomic mass is 32.1. The summed E-state index contributed by atoms with van der Waals surface area (Å²) in [5, 5.41) is 6.05. The Kier molecular flexibility index (Phi) is 5.60. The number of carbonyl (C=O) groups excluding carboxylic acids is 1. The standard InChI is InChI=1S/C20H21N3O3S/c24-20(17-9-5-11-27-17)23-10-4-8-16(12-23)19-21-18(26-22-19)14-25-13-15-6-2-1-3-7-15/h1-3,5-7,9,11,16H,4,8,10,12-14H2. The molecule has 3 aromatic rings. The molecule has 6 nitrogen and oxygen atoms in total. The lowest BCUT2D eigenvalue weighted by Gasteiger charge is -2.30. The minimum Gasteiger partial charge on any atom is -0.367 e. The van der Waals surface area contributed by atoms with E-state index in [4.69, 9.17) is 9.26 Å². The predicted octanol–water partition coefficient (Wildman–Crippen LogP) is 3.87. The lowest BCUT2D eigenvalue weighted by atomic mass is 9.97. The zero-order valence-electron chi connectivity index (χ0n) is 14.9. The van der Waals surface area contributed by atoms with E-state index in [9.17, 15) is 4.79 Å². The van der Waals surface area contributed by atoms with Gasteiger partial charge in [-0.15, -0.1) is 11.3 Å². The zero-order chi connectivity index (χ0) is 18.5. The molecule has 0 bridgehead atoms. The van der Waals surface area contributed by atoms with Gasteiger partial charge in [0.25, 0.3) is 11.8 Å². The number of thiophene rings is 1. The number of carbonyl (C=O) groups is 1. The highest BCUT2D eigenvalue weighted by Crippen LogP contribution is 2.26. The number of ether oxygens (including phenoxy) is 1. The Morgan fingerprint density at radius 3 is 2.93 bits per heavy atom. The van der Waals surface area contributed by atoms with Crippen molar-refractivity contribution in [3.05, 3.63) is 70.0 Å². The Morgan fingerprint density at radius 1 is 1.22 bits per heavy atom. The van der Waals surface area contributed by atoms with Crippen LogP contribution in [0.3, 0.4) is 0 Å². The maximum atomic E-state index is 12.6. The van der Waals surface area contributed by atoms with Crippen LogP contribution in [0.15, 0.2) is 52.4 Å². The van der Waals surface area contributed by atoms with E-state index >= 15 is 0 Å². The molecule has 1 fully saturated rings. The molecule has 1 aliphatic heterocycles. The molecular weight excluding hydrogens is 362 g/mol. The highest BCUT2D eigenvalue weighted by molar-refractivity contribution is 7.12. The van der Waals surface area contributed by atoms with Crippen LogP contribution in [0.4, 0.5) is 0 Å². The van der Waals surface area contributed by atoms with Gasteiger partial charge in [0, 0.05) is 19.0 Å². The van der Waals surface area contributed by atoms with E-state index in [2.05, 4.69) is 10.1 Å². The molecule has 0 radical (unpaired) electrons. The summed E-state index contributed by atoms with van der Waals surface area (Å²) in [5.41, 5.74) is 1.10. The molecule has 1 atom stereocenters. The van der Waals surface area contributed by atoms with Crippen molar-refractivity contribution < 1.29 is 14.1 Å². The number of amides is 1. The Labute approximate surface area is 161 Å². The molecule has 0 spiro atoms. The number of piperidine rings is 1. The van der Waals surface area contributed by atoms with Gasteiger partial charge in [-0.05, 0) is 29.9 Å². The Balaban J connectivity index is 1.33. The van der Waals surface area contributed by atoms with Crippen LogP contribution in [-0.2, 0) is 18.0 Å². The molecule has 1 saturated heterocycles. The molecule has 1 unspecified atom stereocenters. The van der Waals surface area contributed by atoms with Gasteiger partial charge in [0.15, 0.2) is 5.82 Å². The summed E-state index contributed by atoms with van der Waals surface area (Å²) in [7, 11) is 0. The van der Waals surface area contributed by atoms with Crippen molar-refractivity contribution >= 4 is 17.2 Å². The van der Waals surface area contributed by atoms with Crippen molar-refractivity contribution in [2.45, 2.75) is 32.0 Å². The van der Waals surface area contributed by atoms with Crippen LogP contribution >= 0.6 is 11.3 Å².